The molecule has 0 bridgehead atoms. The van der Waals surface area contributed by atoms with Gasteiger partial charge in [0.1, 0.15) is 0 Å². The molecule has 30 heavy (non-hydrogen) atoms. The van der Waals surface area contributed by atoms with Gasteiger partial charge in [-0.2, -0.15) is 0 Å². The molecule has 152 valence electrons. The van der Waals surface area contributed by atoms with E-state index >= 15 is 0 Å². The zero-order valence-corrected chi connectivity index (χ0v) is 16.8. The predicted molar refractivity (Wildman–Crippen MR) is 111 cm³/mol. The Morgan fingerprint density at radius 2 is 2.10 bits per heavy atom. The summed E-state index contributed by atoms with van der Waals surface area (Å²) >= 11 is 0. The average Bonchev–Trinajstić information content (AvgIpc) is 3.35. The second-order valence-electron chi connectivity index (χ2n) is 8.55. The van der Waals surface area contributed by atoms with E-state index < -0.39 is 5.82 Å². The molecule has 2 aromatic heterocycles. The monoisotopic (exact) mass is 403 g/mol. The number of hydrogen-bond acceptors (Lipinski definition) is 3. The quantitative estimate of drug-likeness (QED) is 0.689. The van der Waals surface area contributed by atoms with Crippen LogP contribution in [0.1, 0.15) is 46.9 Å². The van der Waals surface area contributed by atoms with Gasteiger partial charge in [0.25, 0.3) is 5.91 Å². The molecule has 1 aromatic carbocycles. The third-order valence-electron chi connectivity index (χ3n) is 6.58. The van der Waals surface area contributed by atoms with Crippen molar-refractivity contribution in [1.82, 2.24) is 15.3 Å². The molecular weight excluding hydrogens is 381 g/mol. The van der Waals surface area contributed by atoms with Gasteiger partial charge in [-0.1, -0.05) is 0 Å². The summed E-state index contributed by atoms with van der Waals surface area (Å²) in [5.41, 5.74) is 7.60. The summed E-state index contributed by atoms with van der Waals surface area (Å²) < 4.78 is 19.7. The second kappa shape index (κ2) is 6.17. The molecule has 6 rings (SSSR count). The smallest absolute Gasteiger partial charge is 0.253 e. The highest BCUT2D eigenvalue weighted by Crippen LogP contribution is 2.45. The number of fused-ring (bicyclic) bond motifs is 5. The lowest BCUT2D eigenvalue weighted by atomic mass is 9.87. The molecule has 1 aliphatic heterocycles. The van der Waals surface area contributed by atoms with E-state index in [4.69, 9.17) is 4.74 Å². The predicted octanol–water partition coefficient (Wildman–Crippen LogP) is 4.20. The summed E-state index contributed by atoms with van der Waals surface area (Å²) in [6.07, 6.45) is 6.53. The number of H-pyrrole nitrogens is 1. The summed E-state index contributed by atoms with van der Waals surface area (Å²) in [6.45, 7) is 2.25. The number of nitrogens with one attached hydrogen (secondary N) is 2. The number of carbonyl (C=O) groups is 1. The first-order chi connectivity index (χ1) is 14.6. The van der Waals surface area contributed by atoms with Gasteiger partial charge in [0, 0.05) is 35.0 Å². The van der Waals surface area contributed by atoms with Crippen LogP contribution in [0.2, 0.25) is 0 Å². The fourth-order valence-electron chi connectivity index (χ4n) is 4.89. The highest BCUT2D eigenvalue weighted by atomic mass is 19.1. The van der Waals surface area contributed by atoms with E-state index in [1.54, 1.807) is 6.07 Å². The van der Waals surface area contributed by atoms with Crippen molar-refractivity contribution in [2.75, 3.05) is 6.61 Å². The Labute approximate surface area is 173 Å². The summed E-state index contributed by atoms with van der Waals surface area (Å²) in [5.74, 6) is -0.0904. The Bertz CT molecular complexity index is 1210. The van der Waals surface area contributed by atoms with Crippen molar-refractivity contribution in [3.63, 3.8) is 0 Å². The molecule has 0 unspecified atom stereocenters. The zero-order valence-electron chi connectivity index (χ0n) is 16.8. The van der Waals surface area contributed by atoms with Crippen LogP contribution in [0, 0.1) is 5.82 Å². The molecule has 1 amide bonds. The number of nitrogens with zero attached hydrogens (tertiary/aromatic N) is 1. The van der Waals surface area contributed by atoms with Gasteiger partial charge in [0.15, 0.2) is 11.6 Å². The van der Waals surface area contributed by atoms with Crippen LogP contribution in [0.3, 0.4) is 0 Å². The van der Waals surface area contributed by atoms with E-state index in [0.29, 0.717) is 17.9 Å². The van der Waals surface area contributed by atoms with Crippen molar-refractivity contribution in [1.29, 1.82) is 0 Å². The van der Waals surface area contributed by atoms with Gasteiger partial charge in [0.2, 0.25) is 0 Å². The van der Waals surface area contributed by atoms with Gasteiger partial charge in [-0.25, -0.2) is 4.39 Å². The SMILES string of the molecule is CCOc1ccc(-c2cc3c(cn2)CCc2c-3[nH]c3c2C(=O)NC2(CC2)C3)cc1F. The lowest BCUT2D eigenvalue weighted by Gasteiger charge is -2.24. The first kappa shape index (κ1) is 17.7. The molecule has 0 atom stereocenters. The Morgan fingerprint density at radius 3 is 2.87 bits per heavy atom. The number of rotatable bonds is 3. The van der Waals surface area contributed by atoms with E-state index in [0.717, 1.165) is 65.7 Å². The number of benzene rings is 1. The highest BCUT2D eigenvalue weighted by molar-refractivity contribution is 6.01. The van der Waals surface area contributed by atoms with Gasteiger partial charge in [-0.15, -0.1) is 0 Å². The third kappa shape index (κ3) is 2.59. The normalized spacial score (nSPS) is 17.7. The first-order valence-electron chi connectivity index (χ1n) is 10.6. The molecule has 1 fully saturated rings. The Hall–Kier alpha value is -3.15. The topological polar surface area (TPSA) is 67.0 Å². The number of hydrogen-bond donors (Lipinski definition) is 2. The molecule has 2 N–H and O–H groups in total. The summed E-state index contributed by atoms with van der Waals surface area (Å²) in [7, 11) is 0. The molecule has 0 radical (unpaired) electrons. The average molecular weight is 403 g/mol. The Balaban J connectivity index is 1.43. The van der Waals surface area contributed by atoms with Crippen molar-refractivity contribution in [3.8, 4) is 28.3 Å². The summed E-state index contributed by atoms with van der Waals surface area (Å²) in [5, 5.41) is 3.22. The van der Waals surface area contributed by atoms with Crippen LogP contribution in [0.15, 0.2) is 30.5 Å². The minimum Gasteiger partial charge on any atom is -0.491 e. The highest BCUT2D eigenvalue weighted by Gasteiger charge is 2.49. The number of aromatic nitrogens is 2. The lowest BCUT2D eigenvalue weighted by molar-refractivity contribution is 0.0917. The molecule has 3 aromatic rings. The molecule has 6 heteroatoms. The van der Waals surface area contributed by atoms with E-state index in [2.05, 4.69) is 15.3 Å². The van der Waals surface area contributed by atoms with E-state index in [1.807, 2.05) is 25.3 Å². The van der Waals surface area contributed by atoms with Crippen LogP contribution in [-0.4, -0.2) is 28.0 Å². The van der Waals surface area contributed by atoms with E-state index in [1.165, 1.54) is 6.07 Å². The zero-order chi connectivity index (χ0) is 20.5. The fraction of sp³-hybridized carbons (Fsp3) is 0.333. The van der Waals surface area contributed by atoms with Gasteiger partial charge in [0.05, 0.1) is 23.6 Å². The number of ether oxygens (including phenoxy) is 1. The van der Waals surface area contributed by atoms with Crippen LogP contribution in [0.4, 0.5) is 4.39 Å². The summed E-state index contributed by atoms with van der Waals surface area (Å²) in [6, 6.07) is 6.95. The maximum absolute atomic E-state index is 14.4. The molecule has 3 aliphatic rings. The van der Waals surface area contributed by atoms with Crippen molar-refractivity contribution >= 4 is 5.91 Å². The molecule has 1 spiro atoms. The molecular formula is C24H22FN3O2. The van der Waals surface area contributed by atoms with Crippen molar-refractivity contribution < 1.29 is 13.9 Å². The molecule has 2 aliphatic carbocycles. The van der Waals surface area contributed by atoms with Crippen molar-refractivity contribution in [2.24, 2.45) is 0 Å². The van der Waals surface area contributed by atoms with Gasteiger partial charge in [-0.3, -0.25) is 9.78 Å². The fourth-order valence-corrected chi connectivity index (χ4v) is 4.89. The number of carbonyl (C=O) groups excluding carboxylic acids is 1. The minimum atomic E-state index is -0.392. The third-order valence-corrected chi connectivity index (χ3v) is 6.58. The standard InChI is InChI=1S/C24H22FN3O2/c1-2-30-20-6-4-13(9-17(20)25)18-10-16-14(12-26-18)3-5-15-21-19(27-22(15)16)11-24(7-8-24)28-23(21)29/h4,6,9-10,12,27H,2-3,5,7-8,11H2,1H3,(H,28,29). The maximum atomic E-state index is 14.4. The van der Waals surface area contributed by atoms with Crippen LogP contribution >= 0.6 is 0 Å². The van der Waals surface area contributed by atoms with Crippen molar-refractivity contribution in [3.05, 3.63) is 58.7 Å². The van der Waals surface area contributed by atoms with Gasteiger partial charge < -0.3 is 15.0 Å². The first-order valence-corrected chi connectivity index (χ1v) is 10.6. The maximum Gasteiger partial charge on any atom is 0.253 e. The molecule has 5 nitrogen and oxygen atoms in total. The lowest BCUT2D eigenvalue weighted by Crippen LogP contribution is -2.43. The van der Waals surface area contributed by atoms with Crippen LogP contribution in [0.25, 0.3) is 22.5 Å². The van der Waals surface area contributed by atoms with Crippen molar-refractivity contribution in [2.45, 2.75) is 44.6 Å². The van der Waals surface area contributed by atoms with E-state index in [9.17, 15) is 9.18 Å². The Kier molecular flexibility index (Phi) is 3.64. The van der Waals surface area contributed by atoms with Crippen LogP contribution in [-0.2, 0) is 19.3 Å². The number of halogens is 1. The van der Waals surface area contributed by atoms with Crippen LogP contribution in [0.5, 0.6) is 5.75 Å². The van der Waals surface area contributed by atoms with Gasteiger partial charge >= 0.3 is 0 Å². The van der Waals surface area contributed by atoms with Gasteiger partial charge in [-0.05, 0) is 68.0 Å². The number of aryl methyl sites for hydroxylation is 1. The molecule has 1 saturated carbocycles. The number of pyridine rings is 1. The number of amides is 1. The molecule has 3 heterocycles. The van der Waals surface area contributed by atoms with Crippen LogP contribution < -0.4 is 10.1 Å². The minimum absolute atomic E-state index is 0.0242. The Morgan fingerprint density at radius 1 is 1.23 bits per heavy atom. The largest absolute Gasteiger partial charge is 0.491 e. The number of aromatic amines is 1. The summed E-state index contributed by atoms with van der Waals surface area (Å²) in [4.78, 5) is 21.0. The molecule has 0 saturated heterocycles. The second-order valence-corrected chi connectivity index (χ2v) is 8.55. The van der Waals surface area contributed by atoms with E-state index in [-0.39, 0.29) is 17.2 Å².